The molecule has 1 aromatic heterocycles. The minimum atomic E-state index is 0. The minimum Gasteiger partial charge on any atom is 0 e. The van der Waals surface area contributed by atoms with E-state index in [9.17, 15) is 0 Å². The Balaban J connectivity index is 0. The molecule has 0 N–H and O–H groups in total. The molecule has 2 fully saturated rings. The van der Waals surface area contributed by atoms with Crippen molar-refractivity contribution in [3.05, 3.63) is 50.9 Å². The van der Waals surface area contributed by atoms with Crippen molar-refractivity contribution in [3.8, 4) is 0 Å². The zero-order valence-electron chi connectivity index (χ0n) is 18.6. The molecule has 2 saturated carbocycles. The third-order valence-electron chi connectivity index (χ3n) is 6.69. The fourth-order valence-electron chi connectivity index (χ4n) is 5.07. The van der Waals surface area contributed by atoms with E-state index in [2.05, 4.69) is 32.0 Å². The topological polar surface area (TPSA) is 69.3 Å². The second-order valence-corrected chi connectivity index (χ2v) is 10.8. The second-order valence-electron chi connectivity index (χ2n) is 8.84. The van der Waals surface area contributed by atoms with Gasteiger partial charge in [-0.15, -0.1) is 0 Å². The Morgan fingerprint density at radius 1 is 0.774 bits per heavy atom. The summed E-state index contributed by atoms with van der Waals surface area (Å²) < 4.78 is 0. The Kier molecular flexibility index (Phi) is 11.4. The molecular formula is C23H43Cl2MnN5-4. The summed E-state index contributed by atoms with van der Waals surface area (Å²) in [5.41, 5.74) is 2.15. The Bertz CT molecular complexity index is 621. The fourth-order valence-corrected chi connectivity index (χ4v) is 5.07. The van der Waals surface area contributed by atoms with Gasteiger partial charge in [-0.3, -0.25) is 4.98 Å². The summed E-state index contributed by atoms with van der Waals surface area (Å²) in [7, 11) is 9.59. The smallest absolute Gasteiger partial charge is 0 e. The molecule has 3 aliphatic rings. The monoisotopic (exact) mass is 514 g/mol. The van der Waals surface area contributed by atoms with Crippen LogP contribution >= 0.6 is 20.2 Å². The average Bonchev–Trinajstić information content (AvgIpc) is 2.79. The van der Waals surface area contributed by atoms with Crippen LogP contribution in [0.1, 0.15) is 94.4 Å². The van der Waals surface area contributed by atoms with E-state index in [1.165, 1.54) is 38.5 Å². The molecular weight excluding hydrogens is 472 g/mol. The largest absolute Gasteiger partial charge is 0 e. The van der Waals surface area contributed by atoms with E-state index in [1.807, 2.05) is 0 Å². The van der Waals surface area contributed by atoms with Crippen LogP contribution in [0.2, 0.25) is 0 Å². The summed E-state index contributed by atoms with van der Waals surface area (Å²) >= 11 is 0.00694. The molecule has 0 spiro atoms. The Hall–Kier alpha value is 0.0895. The number of rotatable bonds is 0. The normalized spacial score (nSPS) is 34.7. The molecule has 1 aliphatic heterocycles. The van der Waals surface area contributed by atoms with Gasteiger partial charge in [0.05, 0.1) is 0 Å². The van der Waals surface area contributed by atoms with Crippen LogP contribution < -0.4 is 0 Å². The summed E-state index contributed by atoms with van der Waals surface area (Å²) in [5, 5.41) is 20.4. The number of halogens is 2. The summed E-state index contributed by atoms with van der Waals surface area (Å²) in [6.07, 6.45) is 9.76. The fraction of sp³-hybridized carbons (Fsp3) is 0.783. The minimum absolute atomic E-state index is 0. The molecule has 8 heteroatoms. The third-order valence-corrected chi connectivity index (χ3v) is 6.69. The molecule has 2 bridgehead atoms. The maximum Gasteiger partial charge on any atom is 0 e. The van der Waals surface area contributed by atoms with Crippen molar-refractivity contribution in [2.45, 2.75) is 101 Å². The van der Waals surface area contributed by atoms with Gasteiger partial charge in [0.2, 0.25) is 0 Å². The maximum absolute atomic E-state index is 5.16. The van der Waals surface area contributed by atoms with Crippen molar-refractivity contribution in [2.24, 2.45) is 0 Å². The molecule has 0 amide bonds. The number of fused-ring (bicyclic) bond motifs is 4. The second kappa shape index (κ2) is 13.7. The molecule has 2 heterocycles. The van der Waals surface area contributed by atoms with Crippen molar-refractivity contribution in [3.63, 3.8) is 0 Å². The van der Waals surface area contributed by atoms with Crippen LogP contribution in [0, 0.1) is 0 Å². The predicted octanol–water partition coefficient (Wildman–Crippen LogP) is 8.69. The van der Waals surface area contributed by atoms with Gasteiger partial charge in [0, 0.05) is 17.1 Å². The van der Waals surface area contributed by atoms with E-state index < -0.39 is 0 Å². The van der Waals surface area contributed by atoms with Crippen molar-refractivity contribution >= 4 is 20.2 Å². The molecule has 0 radical (unpaired) electrons. The first kappa shape index (κ1) is 25.7. The Morgan fingerprint density at radius 3 is 1.58 bits per heavy atom. The predicted molar refractivity (Wildman–Crippen MR) is 136 cm³/mol. The number of hydrogen-bond donors (Lipinski definition) is 0. The van der Waals surface area contributed by atoms with Gasteiger partial charge in [-0.05, 0) is 12.1 Å². The molecule has 6 atom stereocenters. The average molecular weight is 515 g/mol. The quantitative estimate of drug-likeness (QED) is 0.319. The van der Waals surface area contributed by atoms with E-state index in [-0.39, 0.29) is 30.9 Å². The first-order valence-electron chi connectivity index (χ1n) is 11.7. The van der Waals surface area contributed by atoms with Crippen molar-refractivity contribution in [1.29, 1.82) is 0 Å². The summed E-state index contributed by atoms with van der Waals surface area (Å²) in [5.74, 6) is 0. The molecule has 0 unspecified atom stereocenters. The van der Waals surface area contributed by atoms with Crippen LogP contribution in [0.15, 0.2) is 18.2 Å². The van der Waals surface area contributed by atoms with Gasteiger partial charge in [0.1, 0.15) is 0 Å². The van der Waals surface area contributed by atoms with Gasteiger partial charge in [-0.1, -0.05) is 83.4 Å². The van der Waals surface area contributed by atoms with Crippen LogP contribution in [-0.4, -0.2) is 42.2 Å². The van der Waals surface area contributed by atoms with Gasteiger partial charge < -0.3 is 21.3 Å². The standard InChI is InChI=1S/C23H35N5.2ClH.Mn.4H2/c1-16-18-12-7-13-19(28-18)17(2)27-23-11-6-4-9-21(23)25-15-14-24-20-8-3-5-10-22(20)26-16;;;;;;;/h7,12-13,16-17,20-23H,3-6,8-11,14-15H2,1-2H3;2*1H;;4*1H/q-4;;;+2;;;;/p-2/t16-,17-,20+,21+,22+,23+;;;;;;;/m0......./s1. The van der Waals surface area contributed by atoms with Crippen LogP contribution in [0.3, 0.4) is 0 Å². The molecule has 31 heavy (non-hydrogen) atoms. The van der Waals surface area contributed by atoms with Crippen molar-refractivity contribution < 1.29 is 18.8 Å². The van der Waals surface area contributed by atoms with Gasteiger partial charge in [-0.25, -0.2) is 0 Å². The zero-order chi connectivity index (χ0) is 22.1. The van der Waals surface area contributed by atoms with Gasteiger partial charge >= 0.3 is 33.3 Å². The molecule has 4 rings (SSSR count). The number of aromatic nitrogens is 1. The first-order chi connectivity index (χ1) is 15.1. The van der Waals surface area contributed by atoms with E-state index in [0.717, 1.165) is 37.3 Å². The first-order valence-corrected chi connectivity index (χ1v) is 14.9. The summed E-state index contributed by atoms with van der Waals surface area (Å²) in [6.45, 7) is 6.06. The Labute approximate surface area is 209 Å². The third kappa shape index (κ3) is 7.82. The van der Waals surface area contributed by atoms with Gasteiger partial charge in [0.25, 0.3) is 0 Å². The van der Waals surface area contributed by atoms with Crippen LogP contribution in [0.5, 0.6) is 0 Å². The number of pyridine rings is 1. The van der Waals surface area contributed by atoms with Crippen LogP contribution in [-0.2, 0) is 13.1 Å². The van der Waals surface area contributed by atoms with Crippen LogP contribution in [0.4, 0.5) is 0 Å². The van der Waals surface area contributed by atoms with Crippen molar-refractivity contribution in [1.82, 2.24) is 4.98 Å². The molecule has 1 aromatic rings. The molecule has 0 aromatic carbocycles. The number of hydrogen-bond acceptors (Lipinski definition) is 1. The van der Waals surface area contributed by atoms with E-state index in [4.69, 9.17) is 46.4 Å². The van der Waals surface area contributed by atoms with Crippen molar-refractivity contribution in [2.75, 3.05) is 13.1 Å². The Morgan fingerprint density at radius 2 is 1.16 bits per heavy atom. The van der Waals surface area contributed by atoms with Gasteiger partial charge in [0.15, 0.2) is 0 Å². The number of nitrogens with zero attached hydrogens (tertiary/aromatic N) is 5. The van der Waals surface area contributed by atoms with E-state index >= 15 is 0 Å². The van der Waals surface area contributed by atoms with E-state index in [0.29, 0.717) is 24.2 Å². The zero-order valence-corrected chi connectivity index (χ0v) is 21.3. The molecule has 0 saturated heterocycles. The SMILES string of the molecule is C[C@@H]1[N-][C@@H]2CCCC[C@H]2[N-]CC[N-][C@@H]2CCCC[C@H]2[N-][C@@H](C)c2cccc1n2.[Cl][Mn][Cl].[HH].[HH].[HH].[HH]. The van der Waals surface area contributed by atoms with Crippen LogP contribution in [0.25, 0.3) is 21.3 Å². The van der Waals surface area contributed by atoms with Gasteiger partial charge in [-0.2, -0.15) is 37.3 Å². The summed E-state index contributed by atoms with van der Waals surface area (Å²) in [4.78, 5) is 4.97. The molecule has 2 aliphatic carbocycles. The molecule has 5 nitrogen and oxygen atoms in total. The maximum atomic E-state index is 5.16. The summed E-state index contributed by atoms with van der Waals surface area (Å²) in [6, 6.07) is 8.00. The molecule has 185 valence electrons. The van der Waals surface area contributed by atoms with E-state index in [1.54, 1.807) is 0 Å².